The molecule has 0 radical (unpaired) electrons. The molecule has 4 rings (SSSR count). The zero-order chi connectivity index (χ0) is 15.7. The molecule has 120 valence electrons. The maximum atomic E-state index is 12.8. The van der Waals surface area contributed by atoms with Crippen molar-refractivity contribution >= 4 is 5.91 Å². The Labute approximate surface area is 136 Å². The molecule has 1 spiro atoms. The number of carbonyl (C=O) groups excluding carboxylic acids is 1. The van der Waals surface area contributed by atoms with E-state index in [1.165, 1.54) is 6.42 Å². The highest BCUT2D eigenvalue weighted by atomic mass is 16.2. The first-order chi connectivity index (χ1) is 11.3. The molecule has 1 N–H and O–H groups in total. The van der Waals surface area contributed by atoms with Gasteiger partial charge in [0.15, 0.2) is 0 Å². The van der Waals surface area contributed by atoms with Crippen LogP contribution in [0.2, 0.25) is 0 Å². The molecule has 0 aliphatic carbocycles. The van der Waals surface area contributed by atoms with Crippen molar-refractivity contribution in [2.75, 3.05) is 26.2 Å². The minimum absolute atomic E-state index is 0.139. The van der Waals surface area contributed by atoms with Crippen LogP contribution in [-0.2, 0) is 0 Å². The minimum Gasteiger partial charge on any atom is -0.339 e. The zero-order valence-corrected chi connectivity index (χ0v) is 13.2. The molecule has 1 aromatic carbocycles. The monoisotopic (exact) mass is 310 g/mol. The topological polar surface area (TPSA) is 50.2 Å². The largest absolute Gasteiger partial charge is 0.339 e. The molecule has 1 amide bonds. The third kappa shape index (κ3) is 2.77. The van der Waals surface area contributed by atoms with Gasteiger partial charge in [-0.25, -0.2) is 4.68 Å². The molecule has 2 saturated heterocycles. The summed E-state index contributed by atoms with van der Waals surface area (Å²) < 4.78 is 1.78. The summed E-state index contributed by atoms with van der Waals surface area (Å²) in [5.41, 5.74) is 2.11. The van der Waals surface area contributed by atoms with Gasteiger partial charge in [0.1, 0.15) is 0 Å². The Hall–Kier alpha value is -2.14. The Morgan fingerprint density at radius 1 is 1.17 bits per heavy atom. The number of nitrogens with zero attached hydrogens (tertiary/aromatic N) is 3. The van der Waals surface area contributed by atoms with Gasteiger partial charge in [0, 0.05) is 37.6 Å². The van der Waals surface area contributed by atoms with Crippen molar-refractivity contribution in [3.8, 4) is 5.69 Å². The molecular weight excluding hydrogens is 288 g/mol. The SMILES string of the molecule is O=C(c1cccc(-n2cccn2)c1)N1CCC2(CCNC2)CC1. The lowest BCUT2D eigenvalue weighted by Gasteiger charge is -2.38. The minimum atomic E-state index is 0.139. The van der Waals surface area contributed by atoms with E-state index < -0.39 is 0 Å². The summed E-state index contributed by atoms with van der Waals surface area (Å²) in [6.07, 6.45) is 7.12. The molecule has 2 aromatic rings. The predicted octanol–water partition coefficient (Wildman–Crippen LogP) is 2.09. The fourth-order valence-electron chi connectivity index (χ4n) is 3.79. The highest BCUT2D eigenvalue weighted by Crippen LogP contribution is 2.37. The van der Waals surface area contributed by atoms with E-state index in [0.717, 1.165) is 50.3 Å². The van der Waals surface area contributed by atoms with Gasteiger partial charge in [0.2, 0.25) is 0 Å². The summed E-state index contributed by atoms with van der Waals surface area (Å²) in [7, 11) is 0. The summed E-state index contributed by atoms with van der Waals surface area (Å²) in [5.74, 6) is 0.139. The molecule has 3 heterocycles. The predicted molar refractivity (Wildman–Crippen MR) is 88.6 cm³/mol. The van der Waals surface area contributed by atoms with Gasteiger partial charge in [0.05, 0.1) is 5.69 Å². The van der Waals surface area contributed by atoms with Crippen molar-refractivity contribution in [3.63, 3.8) is 0 Å². The molecule has 5 nitrogen and oxygen atoms in total. The number of hydrogen-bond donors (Lipinski definition) is 1. The van der Waals surface area contributed by atoms with Gasteiger partial charge in [0.25, 0.3) is 5.91 Å². The third-order valence-corrected chi connectivity index (χ3v) is 5.31. The second-order valence-electron chi connectivity index (χ2n) is 6.72. The lowest BCUT2D eigenvalue weighted by Crippen LogP contribution is -2.44. The number of rotatable bonds is 2. The maximum absolute atomic E-state index is 12.8. The molecule has 0 saturated carbocycles. The highest BCUT2D eigenvalue weighted by molar-refractivity contribution is 5.94. The summed E-state index contributed by atoms with van der Waals surface area (Å²) in [6.45, 7) is 3.97. The molecule has 0 bridgehead atoms. The number of hydrogen-bond acceptors (Lipinski definition) is 3. The van der Waals surface area contributed by atoms with E-state index in [0.29, 0.717) is 5.41 Å². The lowest BCUT2D eigenvalue weighted by atomic mass is 9.78. The molecule has 0 atom stereocenters. The average Bonchev–Trinajstić information content (AvgIpc) is 3.28. The van der Waals surface area contributed by atoms with Crippen LogP contribution in [0.1, 0.15) is 29.6 Å². The summed E-state index contributed by atoms with van der Waals surface area (Å²) in [4.78, 5) is 14.8. The van der Waals surface area contributed by atoms with Crippen LogP contribution in [0.15, 0.2) is 42.7 Å². The van der Waals surface area contributed by atoms with Crippen LogP contribution in [0.5, 0.6) is 0 Å². The Balaban J connectivity index is 1.48. The molecule has 5 heteroatoms. The van der Waals surface area contributed by atoms with E-state index in [4.69, 9.17) is 0 Å². The molecule has 0 unspecified atom stereocenters. The maximum Gasteiger partial charge on any atom is 0.253 e. The zero-order valence-electron chi connectivity index (χ0n) is 13.2. The Kier molecular flexibility index (Phi) is 3.65. The summed E-state index contributed by atoms with van der Waals surface area (Å²) in [6, 6.07) is 9.61. The van der Waals surface area contributed by atoms with E-state index >= 15 is 0 Å². The van der Waals surface area contributed by atoms with Crippen LogP contribution in [0.3, 0.4) is 0 Å². The molecule has 1 aromatic heterocycles. The van der Waals surface area contributed by atoms with Crippen LogP contribution in [0.25, 0.3) is 5.69 Å². The fraction of sp³-hybridized carbons (Fsp3) is 0.444. The average molecular weight is 310 g/mol. The van der Waals surface area contributed by atoms with Gasteiger partial charge in [-0.05, 0) is 55.5 Å². The van der Waals surface area contributed by atoms with E-state index in [9.17, 15) is 4.79 Å². The molecule has 2 fully saturated rings. The summed E-state index contributed by atoms with van der Waals surface area (Å²) in [5, 5.41) is 7.70. The van der Waals surface area contributed by atoms with Gasteiger partial charge in [-0.3, -0.25) is 4.79 Å². The van der Waals surface area contributed by atoms with Crippen LogP contribution in [0.4, 0.5) is 0 Å². The first-order valence-electron chi connectivity index (χ1n) is 8.36. The number of carbonyl (C=O) groups is 1. The fourth-order valence-corrected chi connectivity index (χ4v) is 3.79. The van der Waals surface area contributed by atoms with Crippen LogP contribution in [0, 0.1) is 5.41 Å². The number of likely N-dealkylation sites (tertiary alicyclic amines) is 1. The normalized spacial score (nSPS) is 20.1. The van der Waals surface area contributed by atoms with E-state index in [1.54, 1.807) is 10.9 Å². The van der Waals surface area contributed by atoms with E-state index in [2.05, 4.69) is 10.4 Å². The molecule has 2 aliphatic heterocycles. The Morgan fingerprint density at radius 3 is 2.74 bits per heavy atom. The third-order valence-electron chi connectivity index (χ3n) is 5.31. The number of benzene rings is 1. The smallest absolute Gasteiger partial charge is 0.253 e. The Bertz CT molecular complexity index is 679. The number of aromatic nitrogens is 2. The van der Waals surface area contributed by atoms with Gasteiger partial charge in [-0.2, -0.15) is 5.10 Å². The lowest BCUT2D eigenvalue weighted by molar-refractivity contribution is 0.0607. The van der Waals surface area contributed by atoms with Crippen molar-refractivity contribution in [1.29, 1.82) is 0 Å². The first-order valence-corrected chi connectivity index (χ1v) is 8.36. The van der Waals surface area contributed by atoms with Crippen molar-refractivity contribution in [2.45, 2.75) is 19.3 Å². The van der Waals surface area contributed by atoms with Crippen LogP contribution in [-0.4, -0.2) is 46.8 Å². The van der Waals surface area contributed by atoms with Crippen molar-refractivity contribution < 1.29 is 4.79 Å². The Morgan fingerprint density at radius 2 is 2.04 bits per heavy atom. The van der Waals surface area contributed by atoms with Crippen LogP contribution >= 0.6 is 0 Å². The van der Waals surface area contributed by atoms with E-state index in [-0.39, 0.29) is 5.91 Å². The van der Waals surface area contributed by atoms with Crippen molar-refractivity contribution in [3.05, 3.63) is 48.3 Å². The number of nitrogens with one attached hydrogen (secondary N) is 1. The molecule has 2 aliphatic rings. The second kappa shape index (κ2) is 5.81. The van der Waals surface area contributed by atoms with Gasteiger partial charge in [-0.15, -0.1) is 0 Å². The van der Waals surface area contributed by atoms with Gasteiger partial charge >= 0.3 is 0 Å². The standard InChI is InChI=1S/C18H22N4O/c23-17(21-11-6-18(7-12-21)5-9-19-14-18)15-3-1-4-16(13-15)22-10-2-8-20-22/h1-4,8,10,13,19H,5-7,9,11-12,14H2. The number of piperidine rings is 1. The molecular formula is C18H22N4O. The summed E-state index contributed by atoms with van der Waals surface area (Å²) >= 11 is 0. The van der Waals surface area contributed by atoms with E-state index in [1.807, 2.05) is 41.4 Å². The van der Waals surface area contributed by atoms with Crippen LogP contribution < -0.4 is 5.32 Å². The van der Waals surface area contributed by atoms with Gasteiger partial charge < -0.3 is 10.2 Å². The quantitative estimate of drug-likeness (QED) is 0.924. The second-order valence-corrected chi connectivity index (χ2v) is 6.72. The highest BCUT2D eigenvalue weighted by Gasteiger charge is 2.38. The number of amides is 1. The van der Waals surface area contributed by atoms with Crippen molar-refractivity contribution in [1.82, 2.24) is 20.0 Å². The first kappa shape index (κ1) is 14.5. The molecule has 23 heavy (non-hydrogen) atoms. The van der Waals surface area contributed by atoms with Crippen molar-refractivity contribution in [2.24, 2.45) is 5.41 Å². The van der Waals surface area contributed by atoms with Gasteiger partial charge in [-0.1, -0.05) is 6.07 Å².